The summed E-state index contributed by atoms with van der Waals surface area (Å²) in [4.78, 5) is 24.9. The van der Waals surface area contributed by atoms with Crippen LogP contribution in [0.25, 0.3) is 0 Å². The molecule has 1 N–H and O–H groups in total. The third-order valence-electron chi connectivity index (χ3n) is 3.86. The van der Waals surface area contributed by atoms with Gasteiger partial charge in [0.2, 0.25) is 5.91 Å². The fourth-order valence-corrected chi connectivity index (χ4v) is 3.71. The summed E-state index contributed by atoms with van der Waals surface area (Å²) in [6, 6.07) is 1.77. The number of aryl methyl sites for hydroxylation is 1. The van der Waals surface area contributed by atoms with Gasteiger partial charge in [-0.3, -0.25) is 4.79 Å². The topological polar surface area (TPSA) is 55.4 Å². The van der Waals surface area contributed by atoms with Crippen LogP contribution in [-0.2, 0) is 9.53 Å². The Hall–Kier alpha value is -1.36. The summed E-state index contributed by atoms with van der Waals surface area (Å²) in [7, 11) is 0. The molecule has 1 aromatic rings. The number of anilines is 1. The summed E-state index contributed by atoms with van der Waals surface area (Å²) in [5.74, 6) is 0.326. The van der Waals surface area contributed by atoms with Crippen molar-refractivity contribution in [1.82, 2.24) is 0 Å². The van der Waals surface area contributed by atoms with E-state index in [1.165, 1.54) is 37.0 Å². The van der Waals surface area contributed by atoms with Crippen LogP contribution in [-0.4, -0.2) is 18.5 Å². The number of carbonyl (C=O) groups is 2. The highest BCUT2D eigenvalue weighted by Crippen LogP contribution is 2.30. The average molecular weight is 309 g/mol. The van der Waals surface area contributed by atoms with Gasteiger partial charge in [0.15, 0.2) is 0 Å². The highest BCUT2D eigenvalue weighted by Gasteiger charge is 2.19. The van der Waals surface area contributed by atoms with Crippen LogP contribution in [0.2, 0.25) is 0 Å². The minimum absolute atomic E-state index is 0.00528. The monoisotopic (exact) mass is 309 g/mol. The minimum atomic E-state index is -0.368. The minimum Gasteiger partial charge on any atom is -0.462 e. The molecule has 21 heavy (non-hydrogen) atoms. The predicted octanol–water partition coefficient (Wildman–Crippen LogP) is 4.14. The van der Waals surface area contributed by atoms with Gasteiger partial charge in [0, 0.05) is 11.3 Å². The van der Waals surface area contributed by atoms with E-state index in [1.54, 1.807) is 13.0 Å². The molecular formula is C16H23NO3S. The van der Waals surface area contributed by atoms with Crippen LogP contribution in [0.1, 0.15) is 60.7 Å². The van der Waals surface area contributed by atoms with Crippen molar-refractivity contribution >= 4 is 28.2 Å². The van der Waals surface area contributed by atoms with Gasteiger partial charge in [0.1, 0.15) is 5.00 Å². The van der Waals surface area contributed by atoms with E-state index in [1.807, 2.05) is 6.92 Å². The molecule has 0 atom stereocenters. The number of nitrogens with one attached hydrogen (secondary N) is 1. The number of ether oxygens (including phenoxy) is 1. The molecule has 1 heterocycles. The van der Waals surface area contributed by atoms with Crippen molar-refractivity contribution in [2.24, 2.45) is 5.92 Å². The lowest BCUT2D eigenvalue weighted by Gasteiger charge is -2.09. The molecule has 4 nitrogen and oxygen atoms in total. The number of carbonyl (C=O) groups excluding carboxylic acids is 2. The molecule has 1 amide bonds. The lowest BCUT2D eigenvalue weighted by Crippen LogP contribution is -2.14. The first-order valence-electron chi connectivity index (χ1n) is 7.67. The van der Waals surface area contributed by atoms with Crippen LogP contribution in [0.5, 0.6) is 0 Å². The Morgan fingerprint density at radius 3 is 2.76 bits per heavy atom. The third-order valence-corrected chi connectivity index (χ3v) is 4.82. The molecule has 0 unspecified atom stereocenters. The normalized spacial score (nSPS) is 15.1. The Kier molecular flexibility index (Phi) is 5.79. The van der Waals surface area contributed by atoms with Crippen LogP contribution >= 0.6 is 11.3 Å². The van der Waals surface area contributed by atoms with Gasteiger partial charge in [0.05, 0.1) is 12.2 Å². The average Bonchev–Trinajstić information content (AvgIpc) is 3.06. The number of esters is 1. The van der Waals surface area contributed by atoms with E-state index < -0.39 is 0 Å². The Labute approximate surface area is 129 Å². The standard InChI is InChI=1S/C16H23NO3S/c1-3-20-16(19)13-10-11(2)21-15(13)17-14(18)9-8-12-6-4-5-7-12/h10,12H,3-9H2,1-2H3,(H,17,18). The second kappa shape index (κ2) is 7.59. The Morgan fingerprint density at radius 1 is 1.38 bits per heavy atom. The second-order valence-electron chi connectivity index (χ2n) is 5.56. The van der Waals surface area contributed by atoms with Crippen molar-refractivity contribution in [3.63, 3.8) is 0 Å². The van der Waals surface area contributed by atoms with Crippen molar-refractivity contribution < 1.29 is 14.3 Å². The first kappa shape index (κ1) is 16.0. The van der Waals surface area contributed by atoms with Gasteiger partial charge in [-0.25, -0.2) is 4.79 Å². The zero-order valence-electron chi connectivity index (χ0n) is 12.7. The van der Waals surface area contributed by atoms with Crippen molar-refractivity contribution in [3.8, 4) is 0 Å². The summed E-state index contributed by atoms with van der Waals surface area (Å²) in [5.41, 5.74) is 0.466. The number of hydrogen-bond acceptors (Lipinski definition) is 4. The molecule has 1 aromatic heterocycles. The molecule has 5 heteroatoms. The van der Waals surface area contributed by atoms with Crippen molar-refractivity contribution in [1.29, 1.82) is 0 Å². The van der Waals surface area contributed by atoms with Crippen molar-refractivity contribution in [2.45, 2.75) is 52.4 Å². The van der Waals surface area contributed by atoms with E-state index in [0.29, 0.717) is 29.5 Å². The van der Waals surface area contributed by atoms with Gasteiger partial charge in [-0.05, 0) is 32.3 Å². The summed E-state index contributed by atoms with van der Waals surface area (Å²) in [5, 5.41) is 3.49. The summed E-state index contributed by atoms with van der Waals surface area (Å²) < 4.78 is 5.02. The molecule has 0 aliphatic heterocycles. The third kappa shape index (κ3) is 4.56. The number of hydrogen-bond donors (Lipinski definition) is 1. The molecule has 1 saturated carbocycles. The zero-order valence-corrected chi connectivity index (χ0v) is 13.6. The summed E-state index contributed by atoms with van der Waals surface area (Å²) in [6.45, 7) is 4.03. The summed E-state index contributed by atoms with van der Waals surface area (Å²) >= 11 is 1.42. The van der Waals surface area contributed by atoms with Gasteiger partial charge in [-0.15, -0.1) is 11.3 Å². The molecule has 0 saturated heterocycles. The van der Waals surface area contributed by atoms with Crippen LogP contribution in [0.3, 0.4) is 0 Å². The maximum absolute atomic E-state index is 12.1. The zero-order chi connectivity index (χ0) is 15.2. The predicted molar refractivity (Wildman–Crippen MR) is 84.8 cm³/mol. The lowest BCUT2D eigenvalue weighted by atomic mass is 10.0. The Morgan fingerprint density at radius 2 is 2.10 bits per heavy atom. The van der Waals surface area contributed by atoms with Crippen LogP contribution < -0.4 is 5.32 Å². The van der Waals surface area contributed by atoms with Gasteiger partial charge in [-0.1, -0.05) is 25.7 Å². The van der Waals surface area contributed by atoms with Gasteiger partial charge < -0.3 is 10.1 Å². The molecule has 0 aromatic carbocycles. The first-order chi connectivity index (χ1) is 10.1. The van der Waals surface area contributed by atoms with E-state index in [-0.39, 0.29) is 11.9 Å². The highest BCUT2D eigenvalue weighted by atomic mass is 32.1. The molecule has 0 radical (unpaired) electrons. The number of amides is 1. The quantitative estimate of drug-likeness (QED) is 0.803. The second-order valence-corrected chi connectivity index (χ2v) is 6.81. The molecular weight excluding hydrogens is 286 g/mol. The van der Waals surface area contributed by atoms with E-state index in [4.69, 9.17) is 4.74 Å². The van der Waals surface area contributed by atoms with Crippen molar-refractivity contribution in [3.05, 3.63) is 16.5 Å². The van der Waals surface area contributed by atoms with Crippen LogP contribution in [0.15, 0.2) is 6.07 Å². The number of thiophene rings is 1. The van der Waals surface area contributed by atoms with E-state index >= 15 is 0 Å². The molecule has 0 spiro atoms. The fourth-order valence-electron chi connectivity index (χ4n) is 2.79. The SMILES string of the molecule is CCOC(=O)c1cc(C)sc1NC(=O)CCC1CCCC1. The molecule has 1 fully saturated rings. The number of rotatable bonds is 6. The smallest absolute Gasteiger partial charge is 0.341 e. The molecule has 1 aliphatic rings. The van der Waals surface area contributed by atoms with Gasteiger partial charge in [-0.2, -0.15) is 0 Å². The maximum Gasteiger partial charge on any atom is 0.341 e. The Balaban J connectivity index is 1.91. The highest BCUT2D eigenvalue weighted by molar-refractivity contribution is 7.16. The molecule has 2 rings (SSSR count). The van der Waals surface area contributed by atoms with Gasteiger partial charge >= 0.3 is 5.97 Å². The Bertz CT molecular complexity index is 504. The van der Waals surface area contributed by atoms with Crippen molar-refractivity contribution in [2.75, 3.05) is 11.9 Å². The van der Waals surface area contributed by atoms with E-state index in [0.717, 1.165) is 11.3 Å². The fraction of sp³-hybridized carbons (Fsp3) is 0.625. The lowest BCUT2D eigenvalue weighted by molar-refractivity contribution is -0.116. The molecule has 116 valence electrons. The largest absolute Gasteiger partial charge is 0.462 e. The van der Waals surface area contributed by atoms with Crippen LogP contribution in [0, 0.1) is 12.8 Å². The first-order valence-corrected chi connectivity index (χ1v) is 8.49. The van der Waals surface area contributed by atoms with E-state index in [2.05, 4.69) is 5.32 Å². The maximum atomic E-state index is 12.1. The van der Waals surface area contributed by atoms with Crippen LogP contribution in [0.4, 0.5) is 5.00 Å². The van der Waals surface area contributed by atoms with E-state index in [9.17, 15) is 9.59 Å². The molecule has 1 aliphatic carbocycles. The van der Waals surface area contributed by atoms with Gasteiger partial charge in [0.25, 0.3) is 0 Å². The molecule has 0 bridgehead atoms. The summed E-state index contributed by atoms with van der Waals surface area (Å²) in [6.07, 6.45) is 6.57.